The molecule has 3 nitrogen and oxygen atoms in total. The van der Waals surface area contributed by atoms with Gasteiger partial charge in [-0.2, -0.15) is 0 Å². The summed E-state index contributed by atoms with van der Waals surface area (Å²) in [5.41, 5.74) is 0. The lowest BCUT2D eigenvalue weighted by Crippen LogP contribution is -2.31. The lowest BCUT2D eigenvalue weighted by molar-refractivity contribution is -0.124. The number of halogens is 2. The van der Waals surface area contributed by atoms with Crippen molar-refractivity contribution in [1.82, 2.24) is 10.6 Å². The highest BCUT2D eigenvalue weighted by Gasteiger charge is 2.21. The topological polar surface area (TPSA) is 41.1 Å². The Morgan fingerprint density at radius 3 is 3.00 bits per heavy atom. The van der Waals surface area contributed by atoms with E-state index in [1.54, 1.807) is 11.3 Å². The molecule has 2 heterocycles. The molecular weight excluding hydrogens is 312 g/mol. The summed E-state index contributed by atoms with van der Waals surface area (Å²) in [6.07, 6.45) is 0.958. The van der Waals surface area contributed by atoms with Crippen LogP contribution in [0.4, 0.5) is 0 Å². The summed E-state index contributed by atoms with van der Waals surface area (Å²) in [6.45, 7) is 2.42. The second kappa shape index (κ2) is 6.59. The molecule has 6 heteroatoms. The van der Waals surface area contributed by atoms with Crippen LogP contribution in [-0.2, 0) is 11.3 Å². The van der Waals surface area contributed by atoms with Gasteiger partial charge in [0.2, 0.25) is 5.91 Å². The Bertz CT molecular complexity index is 352. The number of nitrogens with one attached hydrogen (secondary N) is 2. The Balaban J connectivity index is 0.00000128. The minimum absolute atomic E-state index is 0. The first kappa shape index (κ1) is 14.0. The van der Waals surface area contributed by atoms with Gasteiger partial charge in [-0.3, -0.25) is 4.79 Å². The molecule has 0 radical (unpaired) electrons. The molecule has 1 saturated heterocycles. The van der Waals surface area contributed by atoms with Crippen LogP contribution >= 0.6 is 39.7 Å². The third kappa shape index (κ3) is 3.73. The first-order chi connectivity index (χ1) is 7.25. The van der Waals surface area contributed by atoms with Crippen LogP contribution in [0.15, 0.2) is 15.9 Å². The predicted octanol–water partition coefficient (Wildman–Crippen LogP) is 2.16. The fourth-order valence-corrected chi connectivity index (χ4v) is 3.07. The zero-order valence-electron chi connectivity index (χ0n) is 8.66. The first-order valence-electron chi connectivity index (χ1n) is 4.98. The number of carbonyl (C=O) groups excluding carboxylic acids is 1. The molecule has 1 amide bonds. The minimum Gasteiger partial charge on any atom is -0.351 e. The van der Waals surface area contributed by atoms with Gasteiger partial charge in [0.15, 0.2) is 0 Å². The van der Waals surface area contributed by atoms with Crippen LogP contribution < -0.4 is 10.6 Å². The molecule has 1 aromatic rings. The Hall–Kier alpha value is -0.100. The van der Waals surface area contributed by atoms with Crippen LogP contribution in [0.5, 0.6) is 0 Å². The summed E-state index contributed by atoms with van der Waals surface area (Å²) in [5.74, 6) is 0.331. The molecule has 0 unspecified atom stereocenters. The molecule has 0 aliphatic carbocycles. The number of hydrogen-bond acceptors (Lipinski definition) is 3. The molecule has 1 aromatic heterocycles. The third-order valence-electron chi connectivity index (χ3n) is 2.50. The summed E-state index contributed by atoms with van der Waals surface area (Å²) < 4.78 is 1.11. The largest absolute Gasteiger partial charge is 0.351 e. The summed E-state index contributed by atoms with van der Waals surface area (Å²) in [6, 6.07) is 4.03. The zero-order chi connectivity index (χ0) is 10.7. The molecule has 0 bridgehead atoms. The van der Waals surface area contributed by atoms with Gasteiger partial charge in [-0.05, 0) is 41.0 Å². The van der Waals surface area contributed by atoms with Crippen molar-refractivity contribution >= 4 is 45.6 Å². The van der Waals surface area contributed by atoms with Crippen LogP contribution in [0.2, 0.25) is 0 Å². The van der Waals surface area contributed by atoms with Crippen molar-refractivity contribution in [1.29, 1.82) is 0 Å². The molecule has 16 heavy (non-hydrogen) atoms. The van der Waals surface area contributed by atoms with E-state index in [4.69, 9.17) is 0 Å². The number of carbonyl (C=O) groups is 1. The van der Waals surface area contributed by atoms with E-state index in [0.717, 1.165) is 23.3 Å². The fourth-order valence-electron chi connectivity index (χ4n) is 1.64. The smallest absolute Gasteiger partial charge is 0.224 e. The third-order valence-corrected chi connectivity index (χ3v) is 4.12. The molecule has 2 rings (SSSR count). The molecule has 1 atom stereocenters. The second-order valence-corrected chi connectivity index (χ2v) is 6.16. The Labute approximate surface area is 114 Å². The predicted molar refractivity (Wildman–Crippen MR) is 72.1 cm³/mol. The molecule has 1 aliphatic rings. The maximum Gasteiger partial charge on any atom is 0.224 e. The van der Waals surface area contributed by atoms with Gasteiger partial charge in [-0.25, -0.2) is 0 Å². The van der Waals surface area contributed by atoms with Crippen molar-refractivity contribution in [3.8, 4) is 0 Å². The van der Waals surface area contributed by atoms with E-state index in [9.17, 15) is 4.79 Å². The van der Waals surface area contributed by atoms with Gasteiger partial charge in [-0.15, -0.1) is 23.7 Å². The Kier molecular flexibility index (Phi) is 5.75. The molecule has 0 aromatic carbocycles. The minimum atomic E-state index is 0. The number of rotatable bonds is 3. The standard InChI is InChI=1S/C10H13BrN2OS.ClH/c11-9-2-1-8(15-9)6-13-10(14)7-3-4-12-5-7;/h1-2,7,12H,3-6H2,(H,13,14);1H/t7-;/m1./s1. The second-order valence-electron chi connectivity index (χ2n) is 3.61. The molecule has 1 fully saturated rings. The zero-order valence-corrected chi connectivity index (χ0v) is 11.9. The summed E-state index contributed by atoms with van der Waals surface area (Å²) >= 11 is 5.06. The lowest BCUT2D eigenvalue weighted by Gasteiger charge is -2.08. The molecule has 90 valence electrons. The van der Waals surface area contributed by atoms with E-state index in [2.05, 4.69) is 26.6 Å². The van der Waals surface area contributed by atoms with Gasteiger partial charge in [-0.1, -0.05) is 0 Å². The highest BCUT2D eigenvalue weighted by atomic mass is 79.9. The van der Waals surface area contributed by atoms with E-state index in [1.165, 1.54) is 4.88 Å². The lowest BCUT2D eigenvalue weighted by atomic mass is 10.1. The molecule has 0 spiro atoms. The van der Waals surface area contributed by atoms with Gasteiger partial charge < -0.3 is 10.6 Å². The average Bonchev–Trinajstić information content (AvgIpc) is 2.84. The van der Waals surface area contributed by atoms with Crippen LogP contribution in [-0.4, -0.2) is 19.0 Å². The number of amides is 1. The Morgan fingerprint density at radius 1 is 1.62 bits per heavy atom. The van der Waals surface area contributed by atoms with Gasteiger partial charge in [0.05, 0.1) is 16.2 Å². The van der Waals surface area contributed by atoms with Crippen molar-refractivity contribution in [3.05, 3.63) is 20.8 Å². The fraction of sp³-hybridized carbons (Fsp3) is 0.500. The molecular formula is C10H14BrClN2OS. The van der Waals surface area contributed by atoms with Gasteiger partial charge in [0.1, 0.15) is 0 Å². The highest BCUT2D eigenvalue weighted by molar-refractivity contribution is 9.11. The monoisotopic (exact) mass is 324 g/mol. The molecule has 2 N–H and O–H groups in total. The van der Waals surface area contributed by atoms with Crippen molar-refractivity contribution in [3.63, 3.8) is 0 Å². The SMILES string of the molecule is Cl.O=C(NCc1ccc(Br)s1)[C@@H]1CCNC1. The van der Waals surface area contributed by atoms with Gasteiger partial charge in [0.25, 0.3) is 0 Å². The Morgan fingerprint density at radius 2 is 2.44 bits per heavy atom. The van der Waals surface area contributed by atoms with E-state index >= 15 is 0 Å². The van der Waals surface area contributed by atoms with Crippen molar-refractivity contribution < 1.29 is 4.79 Å². The number of thiophene rings is 1. The average molecular weight is 326 g/mol. The summed E-state index contributed by atoms with van der Waals surface area (Å²) in [5, 5.41) is 6.15. The quantitative estimate of drug-likeness (QED) is 0.894. The first-order valence-corrected chi connectivity index (χ1v) is 6.59. The maximum absolute atomic E-state index is 11.7. The highest BCUT2D eigenvalue weighted by Crippen LogP contribution is 2.21. The van der Waals surface area contributed by atoms with Crippen molar-refractivity contribution in [2.24, 2.45) is 5.92 Å². The van der Waals surface area contributed by atoms with Crippen LogP contribution in [0.1, 0.15) is 11.3 Å². The summed E-state index contributed by atoms with van der Waals surface area (Å²) in [7, 11) is 0. The molecule has 1 aliphatic heterocycles. The van der Waals surface area contributed by atoms with E-state index in [0.29, 0.717) is 6.54 Å². The number of hydrogen-bond donors (Lipinski definition) is 2. The van der Waals surface area contributed by atoms with Crippen LogP contribution in [0, 0.1) is 5.92 Å². The maximum atomic E-state index is 11.7. The van der Waals surface area contributed by atoms with E-state index < -0.39 is 0 Å². The van der Waals surface area contributed by atoms with Crippen LogP contribution in [0.25, 0.3) is 0 Å². The molecule has 0 saturated carbocycles. The summed E-state index contributed by atoms with van der Waals surface area (Å²) in [4.78, 5) is 12.8. The van der Waals surface area contributed by atoms with Crippen molar-refractivity contribution in [2.45, 2.75) is 13.0 Å². The van der Waals surface area contributed by atoms with Gasteiger partial charge >= 0.3 is 0 Å². The normalized spacial score (nSPS) is 19.2. The van der Waals surface area contributed by atoms with E-state index in [1.807, 2.05) is 12.1 Å². The van der Waals surface area contributed by atoms with Gasteiger partial charge in [0, 0.05) is 11.4 Å². The van der Waals surface area contributed by atoms with Crippen LogP contribution in [0.3, 0.4) is 0 Å². The van der Waals surface area contributed by atoms with E-state index in [-0.39, 0.29) is 24.2 Å². The van der Waals surface area contributed by atoms with Crippen molar-refractivity contribution in [2.75, 3.05) is 13.1 Å².